The zero-order chi connectivity index (χ0) is 34.2. The van der Waals surface area contributed by atoms with Crippen LogP contribution in [0.25, 0.3) is 10.8 Å². The third-order valence-electron chi connectivity index (χ3n) is 10.9. The Kier molecular flexibility index (Phi) is 10.3. The number of amides is 2. The van der Waals surface area contributed by atoms with Gasteiger partial charge in [0.15, 0.2) is 5.03 Å². The smallest absolute Gasteiger partial charge is 0.404 e. The molecule has 5 aliphatic rings. The lowest BCUT2D eigenvalue weighted by Crippen LogP contribution is -2.65. The van der Waals surface area contributed by atoms with Crippen molar-refractivity contribution in [2.75, 3.05) is 12.3 Å². The Bertz CT molecular complexity index is 1520. The minimum Gasteiger partial charge on any atom is -0.404 e. The third kappa shape index (κ3) is 7.47. The van der Waals surface area contributed by atoms with Crippen LogP contribution in [0.4, 0.5) is 0 Å². The Hall–Kier alpha value is -2.91. The lowest BCUT2D eigenvalue weighted by Gasteiger charge is -2.64. The van der Waals surface area contributed by atoms with Crippen molar-refractivity contribution in [3.8, 4) is 0 Å². The molecule has 14 heteroatoms. The molecule has 12 nitrogen and oxygen atoms in total. The molecule has 2 heterocycles. The molecule has 7 rings (SSSR count). The van der Waals surface area contributed by atoms with E-state index < -0.39 is 24.5 Å². The number of carbonyl (C=O) groups is 2. The first kappa shape index (κ1) is 34.9. The third-order valence-corrected chi connectivity index (χ3v) is 11.9. The summed E-state index contributed by atoms with van der Waals surface area (Å²) < 4.78 is 13.3. The molecule has 4 N–H and O–H groups in total. The predicted molar refractivity (Wildman–Crippen MR) is 186 cm³/mol. The number of fused-ring (bicyclic) bond motifs is 1. The number of hydrogen-bond acceptors (Lipinski definition) is 9. The van der Waals surface area contributed by atoms with Gasteiger partial charge in [0.05, 0.1) is 17.6 Å². The van der Waals surface area contributed by atoms with Gasteiger partial charge in [0, 0.05) is 17.1 Å². The maximum Gasteiger partial charge on any atom is 0.481 e. The van der Waals surface area contributed by atoms with Gasteiger partial charge in [-0.3, -0.25) is 14.9 Å². The highest BCUT2D eigenvalue weighted by molar-refractivity contribution is 7.99. The number of carbonyl (C=O) groups excluding carboxylic acids is 2. The standard InChI is InChI=1S/C34H49BN6O6S/c1-21(2)17-29(35-46-28-20-24-19-27(33(24,3)4)34(28,5)47-35)38-31(43)26(11-8-15-36-32-39-40(32)41(44)45)37-30(42)14-16-48-25-13-12-22-9-6-7-10-23(22)18-25/h6-7,9-10,12-13,18,21,24,26-29,32,36,39H,8,11,14-17,19-20H2,1-5H3,(H,37,42)(H,38,43)/t24-,26-,27-,28+,29-,32?,34-,40?/m0/s1. The number of nitrogens with zero attached hydrogens (tertiary/aromatic N) is 2. The van der Waals surface area contributed by atoms with E-state index >= 15 is 0 Å². The lowest BCUT2D eigenvalue weighted by atomic mass is 9.43. The van der Waals surface area contributed by atoms with Crippen molar-refractivity contribution in [1.82, 2.24) is 26.5 Å². The molecule has 2 aromatic rings. The van der Waals surface area contributed by atoms with E-state index in [0.29, 0.717) is 43.4 Å². The number of hydrazine groups is 2. The van der Waals surface area contributed by atoms with Crippen molar-refractivity contribution >= 4 is 41.5 Å². The molecule has 3 saturated carbocycles. The van der Waals surface area contributed by atoms with Crippen molar-refractivity contribution in [3.05, 3.63) is 52.6 Å². The largest absolute Gasteiger partial charge is 0.481 e. The van der Waals surface area contributed by atoms with Crippen molar-refractivity contribution in [2.45, 2.75) is 108 Å². The van der Waals surface area contributed by atoms with Crippen molar-refractivity contribution in [3.63, 3.8) is 0 Å². The zero-order valence-corrected chi connectivity index (χ0v) is 29.4. The van der Waals surface area contributed by atoms with Gasteiger partial charge in [0.25, 0.3) is 0 Å². The number of nitro groups is 1. The van der Waals surface area contributed by atoms with Gasteiger partial charge >= 0.3 is 7.12 Å². The summed E-state index contributed by atoms with van der Waals surface area (Å²) in [7, 11) is -0.563. The van der Waals surface area contributed by atoms with E-state index in [0.717, 1.165) is 28.2 Å². The average molecular weight is 681 g/mol. The molecule has 2 aromatic carbocycles. The minimum absolute atomic E-state index is 0.00211. The van der Waals surface area contributed by atoms with Crippen LogP contribution in [0.2, 0.25) is 0 Å². The van der Waals surface area contributed by atoms with Gasteiger partial charge in [0.2, 0.25) is 18.1 Å². The van der Waals surface area contributed by atoms with E-state index in [-0.39, 0.29) is 47.2 Å². The highest BCUT2D eigenvalue weighted by Crippen LogP contribution is 2.65. The van der Waals surface area contributed by atoms with Gasteiger partial charge in [0.1, 0.15) is 6.04 Å². The fraction of sp³-hybridized carbons (Fsp3) is 0.647. The fourth-order valence-corrected chi connectivity index (χ4v) is 8.96. The molecule has 7 atom stereocenters. The topological polar surface area (TPSA) is 157 Å². The molecule has 0 spiro atoms. The Morgan fingerprint density at radius 2 is 1.92 bits per heavy atom. The second-order valence-electron chi connectivity index (χ2n) is 15.0. The molecule has 2 bridgehead atoms. The van der Waals surface area contributed by atoms with Crippen molar-refractivity contribution in [1.29, 1.82) is 0 Å². The van der Waals surface area contributed by atoms with Gasteiger partial charge in [-0.25, -0.2) is 10.1 Å². The number of nitrogens with one attached hydrogen (secondary N) is 4. The molecule has 260 valence electrons. The minimum atomic E-state index is -0.774. The van der Waals surface area contributed by atoms with E-state index in [4.69, 9.17) is 9.31 Å². The van der Waals surface area contributed by atoms with Crippen LogP contribution >= 0.6 is 11.8 Å². The first-order valence-electron chi connectivity index (χ1n) is 17.3. The van der Waals surface area contributed by atoms with Gasteiger partial charge in [-0.2, -0.15) is 0 Å². The molecule has 3 aliphatic carbocycles. The summed E-state index contributed by atoms with van der Waals surface area (Å²) >= 11 is 1.61. The second kappa shape index (κ2) is 14.1. The molecule has 2 aliphatic heterocycles. The molecule has 0 aromatic heterocycles. The van der Waals surface area contributed by atoms with Crippen LogP contribution in [-0.2, 0) is 18.9 Å². The summed E-state index contributed by atoms with van der Waals surface area (Å²) in [5.74, 6) is 1.04. The lowest BCUT2D eigenvalue weighted by molar-refractivity contribution is -0.627. The van der Waals surface area contributed by atoms with E-state index in [1.165, 1.54) is 5.39 Å². The zero-order valence-electron chi connectivity index (χ0n) is 28.6. The van der Waals surface area contributed by atoms with Crippen LogP contribution in [0.15, 0.2) is 47.4 Å². The monoisotopic (exact) mass is 680 g/mol. The second-order valence-corrected chi connectivity index (χ2v) is 16.2. The van der Waals surface area contributed by atoms with E-state index in [1.54, 1.807) is 11.8 Å². The predicted octanol–water partition coefficient (Wildman–Crippen LogP) is 4.27. The first-order valence-corrected chi connectivity index (χ1v) is 18.3. The maximum absolute atomic E-state index is 13.9. The Balaban J connectivity index is 1.07. The fourth-order valence-electron chi connectivity index (χ4n) is 8.06. The Morgan fingerprint density at radius 1 is 1.15 bits per heavy atom. The average Bonchev–Trinajstić information content (AvgIpc) is 3.73. The normalized spacial score (nSPS) is 28.0. The van der Waals surface area contributed by atoms with Crippen LogP contribution in [0, 0.1) is 33.3 Å². The quantitative estimate of drug-likeness (QED) is 0.0504. The summed E-state index contributed by atoms with van der Waals surface area (Å²) in [6.07, 6.45) is 3.39. The molecule has 0 radical (unpaired) electrons. The summed E-state index contributed by atoms with van der Waals surface area (Å²) in [6.45, 7) is 11.5. The molecular formula is C34H49BN6O6S. The van der Waals surface area contributed by atoms with Gasteiger partial charge in [-0.15, -0.1) is 17.2 Å². The van der Waals surface area contributed by atoms with Gasteiger partial charge in [-0.1, -0.05) is 58.0 Å². The van der Waals surface area contributed by atoms with Crippen molar-refractivity contribution in [2.24, 2.45) is 23.2 Å². The highest BCUT2D eigenvalue weighted by Gasteiger charge is 2.68. The number of thioether (sulfide) groups is 1. The van der Waals surface area contributed by atoms with E-state index in [2.05, 4.69) is 86.3 Å². The van der Waals surface area contributed by atoms with Crippen molar-refractivity contribution < 1.29 is 23.9 Å². The van der Waals surface area contributed by atoms with E-state index in [9.17, 15) is 19.7 Å². The molecule has 5 fully saturated rings. The molecule has 48 heavy (non-hydrogen) atoms. The summed E-state index contributed by atoms with van der Waals surface area (Å²) in [5.41, 5.74) is 2.43. The maximum atomic E-state index is 13.9. The molecular weight excluding hydrogens is 631 g/mol. The summed E-state index contributed by atoms with van der Waals surface area (Å²) in [5, 5.41) is 22.8. The Labute approximate surface area is 287 Å². The number of rotatable bonds is 16. The van der Waals surface area contributed by atoms with Gasteiger partial charge in [-0.05, 0) is 96.8 Å². The van der Waals surface area contributed by atoms with Crippen LogP contribution in [0.1, 0.15) is 73.1 Å². The Morgan fingerprint density at radius 3 is 2.62 bits per heavy atom. The highest BCUT2D eigenvalue weighted by atomic mass is 32.2. The molecule has 2 amide bonds. The summed E-state index contributed by atoms with van der Waals surface area (Å²) in [6, 6.07) is 13.7. The first-order chi connectivity index (χ1) is 22.8. The SMILES string of the molecule is CC(C)C[C@H](NC(=O)[C@H](CCCNC1NN1[N+](=O)[O-])NC(=O)CCSc1ccc2ccccc2c1)B1O[C@@H]2C[C@@H]3C[C@@H](C3(C)C)[C@]2(C)O1. The van der Waals surface area contributed by atoms with Crippen LogP contribution in [0.5, 0.6) is 0 Å². The van der Waals surface area contributed by atoms with E-state index in [1.807, 2.05) is 12.1 Å². The number of benzene rings is 2. The van der Waals surface area contributed by atoms with Crippen LogP contribution < -0.4 is 21.4 Å². The van der Waals surface area contributed by atoms with Crippen LogP contribution in [-0.4, -0.2) is 71.4 Å². The van der Waals surface area contributed by atoms with Gasteiger partial charge < -0.3 is 19.9 Å². The molecule has 1 unspecified atom stereocenters. The summed E-state index contributed by atoms with van der Waals surface area (Å²) in [4.78, 5) is 39.1. The van der Waals surface area contributed by atoms with Crippen LogP contribution in [0.3, 0.4) is 0 Å². The molecule has 2 saturated heterocycles. The number of hydrogen-bond donors (Lipinski definition) is 4.